The summed E-state index contributed by atoms with van der Waals surface area (Å²) in [5.41, 5.74) is 4.73. The molecule has 1 N–H and O–H groups in total. The predicted octanol–water partition coefficient (Wildman–Crippen LogP) is 2.94. The van der Waals surface area contributed by atoms with Gasteiger partial charge in [-0.1, -0.05) is 24.3 Å². The Hall–Kier alpha value is -2.82. The van der Waals surface area contributed by atoms with Gasteiger partial charge in [-0.25, -0.2) is 4.79 Å². The van der Waals surface area contributed by atoms with Crippen LogP contribution in [-0.4, -0.2) is 15.0 Å². The van der Waals surface area contributed by atoms with Gasteiger partial charge in [0.05, 0.1) is 17.0 Å². The summed E-state index contributed by atoms with van der Waals surface area (Å²) in [5, 5.41) is 3.04. The van der Waals surface area contributed by atoms with E-state index >= 15 is 0 Å². The topological polar surface area (TPSA) is 56.0 Å². The third-order valence-electron chi connectivity index (χ3n) is 5.23. The number of nitrogens with one attached hydrogen (secondary N) is 1. The van der Waals surface area contributed by atoms with Gasteiger partial charge in [0.15, 0.2) is 0 Å². The van der Waals surface area contributed by atoms with Gasteiger partial charge in [0, 0.05) is 19.8 Å². The van der Waals surface area contributed by atoms with Gasteiger partial charge >= 0.3 is 5.69 Å². The second kappa shape index (κ2) is 5.92. The molecule has 0 radical (unpaired) electrons. The summed E-state index contributed by atoms with van der Waals surface area (Å²) in [4.78, 5) is 24.9. The fraction of sp³-hybridized carbons (Fsp3) is 0.300. The minimum absolute atomic E-state index is 0.0208. The summed E-state index contributed by atoms with van der Waals surface area (Å²) in [6.07, 6.45) is 2.94. The largest absolute Gasteiger partial charge is 0.328 e. The number of carbonyl (C=O) groups excluding carboxylic acids is 1. The zero-order valence-corrected chi connectivity index (χ0v) is 14.5. The number of amides is 1. The van der Waals surface area contributed by atoms with Crippen LogP contribution in [-0.2, 0) is 25.3 Å². The molecule has 0 saturated heterocycles. The molecule has 25 heavy (non-hydrogen) atoms. The lowest BCUT2D eigenvalue weighted by Crippen LogP contribution is -2.24. The number of nitrogens with zero attached hydrogens (tertiary/aromatic N) is 2. The quantitative estimate of drug-likeness (QED) is 0.783. The Balaban J connectivity index is 1.65. The first-order valence-electron chi connectivity index (χ1n) is 8.60. The van der Waals surface area contributed by atoms with Crippen molar-refractivity contribution in [3.8, 4) is 0 Å². The van der Waals surface area contributed by atoms with Crippen molar-refractivity contribution in [3.05, 3.63) is 64.1 Å². The highest BCUT2D eigenvalue weighted by molar-refractivity contribution is 5.97. The van der Waals surface area contributed by atoms with Crippen LogP contribution >= 0.6 is 0 Å². The van der Waals surface area contributed by atoms with Gasteiger partial charge in [0.1, 0.15) is 0 Å². The average Bonchev–Trinajstić information content (AvgIpc) is 2.85. The molecule has 5 nitrogen and oxygen atoms in total. The minimum Gasteiger partial charge on any atom is -0.325 e. The zero-order chi connectivity index (χ0) is 17.6. The molecule has 1 aromatic heterocycles. The summed E-state index contributed by atoms with van der Waals surface area (Å²) < 4.78 is 3.21. The molecule has 1 aliphatic carbocycles. The van der Waals surface area contributed by atoms with Crippen molar-refractivity contribution in [2.45, 2.75) is 25.2 Å². The second-order valence-corrected chi connectivity index (χ2v) is 6.74. The van der Waals surface area contributed by atoms with E-state index in [1.807, 2.05) is 30.3 Å². The van der Waals surface area contributed by atoms with Gasteiger partial charge in [-0.05, 0) is 48.6 Å². The molecule has 0 bridgehead atoms. The smallest absolute Gasteiger partial charge is 0.325 e. The van der Waals surface area contributed by atoms with E-state index in [1.165, 1.54) is 5.56 Å². The molecule has 1 atom stereocenters. The van der Waals surface area contributed by atoms with Gasteiger partial charge in [-0.15, -0.1) is 0 Å². The van der Waals surface area contributed by atoms with E-state index in [-0.39, 0.29) is 17.5 Å². The van der Waals surface area contributed by atoms with Crippen molar-refractivity contribution < 1.29 is 4.79 Å². The van der Waals surface area contributed by atoms with Gasteiger partial charge in [-0.3, -0.25) is 13.9 Å². The van der Waals surface area contributed by atoms with Crippen molar-refractivity contribution in [1.29, 1.82) is 0 Å². The molecule has 0 aliphatic heterocycles. The number of fused-ring (bicyclic) bond motifs is 2. The lowest BCUT2D eigenvalue weighted by atomic mass is 9.82. The molecular weight excluding hydrogens is 314 g/mol. The molecule has 2 aromatic carbocycles. The van der Waals surface area contributed by atoms with Crippen LogP contribution in [0.2, 0.25) is 0 Å². The molecular formula is C20H21N3O2. The predicted molar refractivity (Wildman–Crippen MR) is 98.9 cm³/mol. The monoisotopic (exact) mass is 335 g/mol. The summed E-state index contributed by atoms with van der Waals surface area (Å²) in [6.45, 7) is 0. The Kier molecular flexibility index (Phi) is 3.71. The van der Waals surface area contributed by atoms with E-state index in [1.54, 1.807) is 23.2 Å². The normalized spacial score (nSPS) is 16.6. The van der Waals surface area contributed by atoms with E-state index in [9.17, 15) is 9.59 Å². The van der Waals surface area contributed by atoms with Crippen molar-refractivity contribution in [3.63, 3.8) is 0 Å². The first kappa shape index (κ1) is 15.7. The first-order chi connectivity index (χ1) is 12.1. The number of rotatable bonds is 2. The van der Waals surface area contributed by atoms with Gasteiger partial charge in [-0.2, -0.15) is 0 Å². The molecule has 1 amide bonds. The Morgan fingerprint density at radius 2 is 1.84 bits per heavy atom. The van der Waals surface area contributed by atoms with Crippen molar-refractivity contribution in [1.82, 2.24) is 9.13 Å². The molecule has 0 unspecified atom stereocenters. The maximum atomic E-state index is 12.8. The highest BCUT2D eigenvalue weighted by Crippen LogP contribution is 2.32. The Morgan fingerprint density at radius 1 is 1.08 bits per heavy atom. The van der Waals surface area contributed by atoms with Crippen molar-refractivity contribution >= 4 is 22.6 Å². The van der Waals surface area contributed by atoms with E-state index in [0.717, 1.165) is 41.5 Å². The van der Waals surface area contributed by atoms with E-state index in [4.69, 9.17) is 0 Å². The number of hydrogen-bond donors (Lipinski definition) is 1. The SMILES string of the molecule is Cn1c(=O)n(C)c2cc(NC(=O)[C@@H]3CCCc4ccccc43)ccc21. The third-order valence-corrected chi connectivity index (χ3v) is 5.23. The molecule has 4 rings (SSSR count). The number of aryl methyl sites for hydroxylation is 3. The standard InChI is InChI=1S/C20H21N3O2/c1-22-17-11-10-14(12-18(17)23(2)20(22)25)21-19(24)16-9-5-7-13-6-3-4-8-15(13)16/h3-4,6,8,10-12,16H,5,7,9H2,1-2H3,(H,21,24)/t16-/m1/s1. The Bertz CT molecular complexity index is 1030. The molecule has 128 valence electrons. The molecule has 0 spiro atoms. The van der Waals surface area contributed by atoms with Crippen LogP contribution in [0.5, 0.6) is 0 Å². The van der Waals surface area contributed by atoms with Crippen LogP contribution in [0, 0.1) is 0 Å². The van der Waals surface area contributed by atoms with Crippen LogP contribution in [0.25, 0.3) is 11.0 Å². The van der Waals surface area contributed by atoms with Crippen molar-refractivity contribution in [2.75, 3.05) is 5.32 Å². The molecule has 1 aliphatic rings. The Morgan fingerprint density at radius 3 is 2.68 bits per heavy atom. The highest BCUT2D eigenvalue weighted by atomic mass is 16.2. The van der Waals surface area contributed by atoms with Gasteiger partial charge in [0.25, 0.3) is 0 Å². The van der Waals surface area contributed by atoms with Gasteiger partial charge in [0.2, 0.25) is 5.91 Å². The summed E-state index contributed by atoms with van der Waals surface area (Å²) in [5.74, 6) is -0.0901. The lowest BCUT2D eigenvalue weighted by molar-refractivity contribution is -0.117. The summed E-state index contributed by atoms with van der Waals surface area (Å²) in [6, 6.07) is 13.8. The van der Waals surface area contributed by atoms with Crippen LogP contribution in [0.1, 0.15) is 29.9 Å². The minimum atomic E-state index is -0.111. The van der Waals surface area contributed by atoms with E-state index in [0.29, 0.717) is 0 Å². The lowest BCUT2D eigenvalue weighted by Gasteiger charge is -2.24. The Labute approximate surface area is 145 Å². The third kappa shape index (κ3) is 2.56. The fourth-order valence-corrected chi connectivity index (χ4v) is 3.84. The van der Waals surface area contributed by atoms with Crippen LogP contribution in [0.4, 0.5) is 5.69 Å². The molecule has 0 fully saturated rings. The van der Waals surface area contributed by atoms with Crippen LogP contribution in [0.3, 0.4) is 0 Å². The number of anilines is 1. The highest BCUT2D eigenvalue weighted by Gasteiger charge is 2.26. The maximum Gasteiger partial charge on any atom is 0.328 e. The summed E-state index contributed by atoms with van der Waals surface area (Å²) in [7, 11) is 3.50. The molecule has 1 heterocycles. The number of benzene rings is 2. The van der Waals surface area contributed by atoms with Crippen LogP contribution < -0.4 is 11.0 Å². The van der Waals surface area contributed by atoms with E-state index < -0.39 is 0 Å². The molecule has 5 heteroatoms. The number of aromatic nitrogens is 2. The number of hydrogen-bond acceptors (Lipinski definition) is 2. The summed E-state index contributed by atoms with van der Waals surface area (Å²) >= 11 is 0. The first-order valence-corrected chi connectivity index (χ1v) is 8.60. The number of imidazole rings is 1. The molecule has 0 saturated carbocycles. The molecule has 3 aromatic rings. The zero-order valence-electron chi connectivity index (χ0n) is 14.5. The maximum absolute atomic E-state index is 12.8. The van der Waals surface area contributed by atoms with Crippen molar-refractivity contribution in [2.24, 2.45) is 14.1 Å². The van der Waals surface area contributed by atoms with Crippen LogP contribution in [0.15, 0.2) is 47.3 Å². The average molecular weight is 335 g/mol. The second-order valence-electron chi connectivity index (χ2n) is 6.74. The number of carbonyl (C=O) groups is 1. The van der Waals surface area contributed by atoms with E-state index in [2.05, 4.69) is 17.4 Å². The van der Waals surface area contributed by atoms with Gasteiger partial charge < -0.3 is 5.32 Å². The fourth-order valence-electron chi connectivity index (χ4n) is 3.84.